The van der Waals surface area contributed by atoms with Crippen molar-refractivity contribution in [1.82, 2.24) is 0 Å². The molecule has 1 aromatic rings. The van der Waals surface area contributed by atoms with Gasteiger partial charge in [-0.3, -0.25) is 0 Å². The largest absolute Gasteiger partial charge is 0.492 e. The molecule has 0 radical (unpaired) electrons. The van der Waals surface area contributed by atoms with Crippen LogP contribution in [-0.4, -0.2) is 23.6 Å². The Labute approximate surface area is 123 Å². The minimum absolute atomic E-state index is 0.00194. The molecule has 2 aliphatic carbocycles. The van der Waals surface area contributed by atoms with E-state index in [9.17, 15) is 18.0 Å². The number of halogens is 4. The Morgan fingerprint density at radius 2 is 2.00 bits per heavy atom. The molecule has 0 heterocycles. The number of carboxylic acids is 1. The molecule has 2 aliphatic rings. The quantitative estimate of drug-likeness (QED) is 0.916. The van der Waals surface area contributed by atoms with E-state index in [1.54, 1.807) is 0 Å². The molecule has 114 valence electrons. The number of hydrogen-bond donors (Lipinski definition) is 1. The maximum absolute atomic E-state index is 13.5. The Balaban J connectivity index is 1.62. The fourth-order valence-electron chi connectivity index (χ4n) is 3.06. The Kier molecular flexibility index (Phi) is 3.31. The van der Waals surface area contributed by atoms with E-state index in [1.807, 2.05) is 0 Å². The lowest BCUT2D eigenvalue weighted by Crippen LogP contribution is -2.15. The lowest BCUT2D eigenvalue weighted by atomic mass is 10.0. The summed E-state index contributed by atoms with van der Waals surface area (Å²) in [6, 6.07) is 1.89. The van der Waals surface area contributed by atoms with Gasteiger partial charge in [-0.05, 0) is 24.8 Å². The summed E-state index contributed by atoms with van der Waals surface area (Å²) in [5.41, 5.74) is -0.533. The zero-order valence-electron chi connectivity index (χ0n) is 10.8. The number of carboxylic acid groups (broad SMARTS) is 1. The van der Waals surface area contributed by atoms with Crippen molar-refractivity contribution in [2.45, 2.75) is 18.8 Å². The molecule has 3 nitrogen and oxygen atoms in total. The maximum atomic E-state index is 13.5. The van der Waals surface area contributed by atoms with Crippen molar-refractivity contribution in [2.75, 3.05) is 6.61 Å². The van der Waals surface area contributed by atoms with Gasteiger partial charge in [-0.2, -0.15) is 0 Å². The fourth-order valence-corrected chi connectivity index (χ4v) is 3.28. The first-order valence-electron chi connectivity index (χ1n) is 6.53. The van der Waals surface area contributed by atoms with E-state index in [0.29, 0.717) is 12.8 Å². The molecule has 3 atom stereocenters. The Bertz CT molecular complexity index is 591. The van der Waals surface area contributed by atoms with E-state index >= 15 is 0 Å². The Morgan fingerprint density at radius 3 is 2.57 bits per heavy atom. The summed E-state index contributed by atoms with van der Waals surface area (Å²) in [5, 5.41) is 8.74. The molecule has 2 fully saturated rings. The van der Waals surface area contributed by atoms with E-state index in [-0.39, 0.29) is 23.3 Å². The first kappa shape index (κ1) is 14.5. The van der Waals surface area contributed by atoms with Crippen molar-refractivity contribution >= 4 is 17.6 Å². The number of carbonyl (C=O) groups is 1. The standard InChI is InChI=1S/C14H12ClF3O3/c15-10-3-7(13(19)20)11(16)4-12(10)21-5-6-1-8-9(2-6)14(8,17)18/h3-4,6,8-9H,1-2,5H2,(H,19,20)/t6-,8-,9+. The SMILES string of the molecule is O=C(O)c1cc(Cl)c(OC[C@@H]2C[C@@H]3[C@H](C2)C3(F)F)cc1F. The topological polar surface area (TPSA) is 46.5 Å². The van der Waals surface area contributed by atoms with Crippen molar-refractivity contribution in [2.24, 2.45) is 17.8 Å². The van der Waals surface area contributed by atoms with Crippen LogP contribution in [0.1, 0.15) is 23.2 Å². The number of hydrogen-bond acceptors (Lipinski definition) is 2. The zero-order valence-corrected chi connectivity index (χ0v) is 11.5. The molecule has 2 saturated carbocycles. The van der Waals surface area contributed by atoms with Crippen LogP contribution in [0.25, 0.3) is 0 Å². The zero-order chi connectivity index (χ0) is 15.4. The van der Waals surface area contributed by atoms with Gasteiger partial charge in [-0.1, -0.05) is 11.6 Å². The summed E-state index contributed by atoms with van der Waals surface area (Å²) in [5.74, 6) is -5.95. The van der Waals surface area contributed by atoms with Crippen LogP contribution >= 0.6 is 11.6 Å². The molecule has 1 aromatic carbocycles. The molecule has 1 N–H and O–H groups in total. The van der Waals surface area contributed by atoms with Crippen LogP contribution in [0.15, 0.2) is 12.1 Å². The van der Waals surface area contributed by atoms with Gasteiger partial charge in [0.15, 0.2) is 0 Å². The number of fused-ring (bicyclic) bond motifs is 1. The fraction of sp³-hybridized carbons (Fsp3) is 0.500. The van der Waals surface area contributed by atoms with Gasteiger partial charge >= 0.3 is 5.97 Å². The first-order valence-corrected chi connectivity index (χ1v) is 6.91. The summed E-state index contributed by atoms with van der Waals surface area (Å²) in [7, 11) is 0. The molecule has 0 amide bonds. The smallest absolute Gasteiger partial charge is 0.338 e. The van der Waals surface area contributed by atoms with Crippen LogP contribution in [0.5, 0.6) is 5.75 Å². The molecule has 0 aliphatic heterocycles. The number of ether oxygens (including phenoxy) is 1. The van der Waals surface area contributed by atoms with Crippen molar-refractivity contribution in [3.63, 3.8) is 0 Å². The summed E-state index contributed by atoms with van der Waals surface area (Å²) in [6.45, 7) is 0.175. The first-order chi connectivity index (χ1) is 9.80. The molecule has 0 aromatic heterocycles. The van der Waals surface area contributed by atoms with Gasteiger partial charge in [0.2, 0.25) is 0 Å². The second kappa shape index (κ2) is 4.80. The van der Waals surface area contributed by atoms with E-state index in [2.05, 4.69) is 0 Å². The molecule has 0 bridgehead atoms. The third-order valence-corrected chi connectivity index (χ3v) is 4.56. The second-order valence-corrected chi connectivity index (χ2v) is 6.01. The average molecular weight is 321 g/mol. The van der Waals surface area contributed by atoms with Gasteiger partial charge < -0.3 is 9.84 Å². The molecule has 21 heavy (non-hydrogen) atoms. The monoisotopic (exact) mass is 320 g/mol. The van der Waals surface area contributed by atoms with Crippen LogP contribution in [0.2, 0.25) is 5.02 Å². The predicted molar refractivity (Wildman–Crippen MR) is 68.5 cm³/mol. The molecule has 3 rings (SSSR count). The molecule has 0 saturated heterocycles. The maximum Gasteiger partial charge on any atom is 0.338 e. The van der Waals surface area contributed by atoms with Crippen molar-refractivity contribution in [3.8, 4) is 5.75 Å². The van der Waals surface area contributed by atoms with Crippen LogP contribution in [0, 0.1) is 23.6 Å². The highest BCUT2D eigenvalue weighted by Crippen LogP contribution is 2.65. The minimum Gasteiger partial charge on any atom is -0.492 e. The van der Waals surface area contributed by atoms with Gasteiger partial charge in [0.1, 0.15) is 11.6 Å². The van der Waals surface area contributed by atoms with Gasteiger partial charge in [0.25, 0.3) is 5.92 Å². The third-order valence-electron chi connectivity index (χ3n) is 4.27. The van der Waals surface area contributed by atoms with Crippen molar-refractivity contribution in [3.05, 3.63) is 28.5 Å². The van der Waals surface area contributed by atoms with Crippen LogP contribution in [-0.2, 0) is 0 Å². The molecule has 0 spiro atoms. The lowest BCUT2D eigenvalue weighted by molar-refractivity contribution is 0.0580. The summed E-state index contributed by atoms with van der Waals surface area (Å²) < 4.78 is 45.0. The average Bonchev–Trinajstić information content (AvgIpc) is 2.79. The van der Waals surface area contributed by atoms with Crippen molar-refractivity contribution < 1.29 is 27.8 Å². The normalized spacial score (nSPS) is 29.0. The van der Waals surface area contributed by atoms with E-state index < -0.39 is 35.1 Å². The summed E-state index contributed by atoms with van der Waals surface area (Å²) in [6.07, 6.45) is 0.788. The Hall–Kier alpha value is -1.43. The van der Waals surface area contributed by atoms with Crippen LogP contribution in [0.4, 0.5) is 13.2 Å². The number of rotatable bonds is 4. The predicted octanol–water partition coefficient (Wildman–Crippen LogP) is 3.85. The molecular weight excluding hydrogens is 309 g/mol. The van der Waals surface area contributed by atoms with E-state index in [0.717, 1.165) is 12.1 Å². The minimum atomic E-state index is -2.52. The van der Waals surface area contributed by atoms with E-state index in [4.69, 9.17) is 21.4 Å². The summed E-state index contributed by atoms with van der Waals surface area (Å²) >= 11 is 5.84. The summed E-state index contributed by atoms with van der Waals surface area (Å²) in [4.78, 5) is 10.7. The Morgan fingerprint density at radius 1 is 1.38 bits per heavy atom. The van der Waals surface area contributed by atoms with Gasteiger partial charge in [-0.25, -0.2) is 18.0 Å². The third kappa shape index (κ3) is 2.46. The van der Waals surface area contributed by atoms with Gasteiger partial charge in [0.05, 0.1) is 17.2 Å². The second-order valence-electron chi connectivity index (χ2n) is 5.60. The van der Waals surface area contributed by atoms with Gasteiger partial charge in [-0.15, -0.1) is 0 Å². The number of benzene rings is 1. The van der Waals surface area contributed by atoms with Crippen molar-refractivity contribution in [1.29, 1.82) is 0 Å². The van der Waals surface area contributed by atoms with Gasteiger partial charge in [0, 0.05) is 17.9 Å². The number of alkyl halides is 2. The lowest BCUT2D eigenvalue weighted by Gasteiger charge is -2.16. The highest BCUT2D eigenvalue weighted by Gasteiger charge is 2.71. The molecule has 0 unspecified atom stereocenters. The highest BCUT2D eigenvalue weighted by atomic mass is 35.5. The number of aromatic carboxylic acids is 1. The highest BCUT2D eigenvalue weighted by molar-refractivity contribution is 6.32. The van der Waals surface area contributed by atoms with Crippen LogP contribution < -0.4 is 4.74 Å². The molecular formula is C14H12ClF3O3. The molecule has 7 heteroatoms. The van der Waals surface area contributed by atoms with Crippen LogP contribution in [0.3, 0.4) is 0 Å². The van der Waals surface area contributed by atoms with E-state index in [1.165, 1.54) is 0 Å².